The second-order valence-corrected chi connectivity index (χ2v) is 3.87. The maximum absolute atomic E-state index is 11.4. The fourth-order valence-electron chi connectivity index (χ4n) is 1.44. The van der Waals surface area contributed by atoms with E-state index in [0.29, 0.717) is 5.69 Å². The summed E-state index contributed by atoms with van der Waals surface area (Å²) in [6.07, 6.45) is 0.802. The lowest BCUT2D eigenvalue weighted by atomic mass is 10.3. The first-order valence-corrected chi connectivity index (χ1v) is 5.00. The highest BCUT2D eigenvalue weighted by atomic mass is 35.5. The van der Waals surface area contributed by atoms with E-state index in [2.05, 4.69) is 9.97 Å². The van der Waals surface area contributed by atoms with Crippen molar-refractivity contribution in [3.8, 4) is 0 Å². The molecule has 5 nitrogen and oxygen atoms in total. The van der Waals surface area contributed by atoms with Crippen molar-refractivity contribution in [3.63, 3.8) is 0 Å². The van der Waals surface area contributed by atoms with Crippen LogP contribution in [0, 0.1) is 0 Å². The van der Waals surface area contributed by atoms with Crippen LogP contribution < -0.4 is 4.90 Å². The van der Waals surface area contributed by atoms with E-state index in [0.717, 1.165) is 0 Å². The molecular formula is C8H7Cl2N3O2. The molecule has 1 aromatic rings. The van der Waals surface area contributed by atoms with Gasteiger partial charge < -0.3 is 10.0 Å². The molecule has 1 aliphatic rings. The van der Waals surface area contributed by atoms with Crippen molar-refractivity contribution < 1.29 is 9.90 Å². The largest absolute Gasteiger partial charge is 0.391 e. The van der Waals surface area contributed by atoms with Gasteiger partial charge in [0.05, 0.1) is 25.3 Å². The van der Waals surface area contributed by atoms with E-state index < -0.39 is 6.10 Å². The zero-order valence-corrected chi connectivity index (χ0v) is 9.03. The Kier molecular flexibility index (Phi) is 2.77. The molecule has 1 fully saturated rings. The van der Waals surface area contributed by atoms with Crippen molar-refractivity contribution in [1.29, 1.82) is 0 Å². The van der Waals surface area contributed by atoms with Crippen LogP contribution in [0.15, 0.2) is 6.20 Å². The predicted octanol–water partition coefficient (Wildman–Crippen LogP) is 0.881. The Balaban J connectivity index is 2.34. The number of β-amino-alcohol motifs (C(OH)–C–C–N with tert-alkyl or cyclic N) is 1. The van der Waals surface area contributed by atoms with Crippen LogP contribution in [0.2, 0.25) is 10.4 Å². The van der Waals surface area contributed by atoms with E-state index in [9.17, 15) is 9.90 Å². The van der Waals surface area contributed by atoms with E-state index in [4.69, 9.17) is 23.2 Å². The van der Waals surface area contributed by atoms with Gasteiger partial charge in [-0.3, -0.25) is 4.79 Å². The van der Waals surface area contributed by atoms with Gasteiger partial charge in [-0.1, -0.05) is 11.6 Å². The maximum Gasteiger partial charge on any atom is 0.229 e. The minimum absolute atomic E-state index is 0.0240. The second kappa shape index (κ2) is 3.92. The molecule has 0 saturated carbocycles. The van der Waals surface area contributed by atoms with Gasteiger partial charge in [-0.05, 0) is 11.6 Å². The van der Waals surface area contributed by atoms with Gasteiger partial charge in [-0.15, -0.1) is 0 Å². The number of hydrogen-bond acceptors (Lipinski definition) is 4. The van der Waals surface area contributed by atoms with E-state index >= 15 is 0 Å². The number of carbonyl (C=O) groups excluding carboxylic acids is 1. The molecule has 0 spiro atoms. The molecule has 7 heteroatoms. The number of rotatable bonds is 1. The van der Waals surface area contributed by atoms with Crippen molar-refractivity contribution in [2.24, 2.45) is 0 Å². The Labute approximate surface area is 95.6 Å². The summed E-state index contributed by atoms with van der Waals surface area (Å²) < 4.78 is 0. The van der Waals surface area contributed by atoms with Gasteiger partial charge in [0.2, 0.25) is 11.2 Å². The first kappa shape index (κ1) is 10.6. The van der Waals surface area contributed by atoms with Crippen molar-refractivity contribution in [2.45, 2.75) is 12.5 Å². The molecule has 0 bridgehead atoms. The van der Waals surface area contributed by atoms with E-state index in [1.54, 1.807) is 0 Å². The number of hydrogen-bond donors (Lipinski definition) is 1. The van der Waals surface area contributed by atoms with Crippen LogP contribution in [0.1, 0.15) is 6.42 Å². The molecule has 1 aromatic heterocycles. The SMILES string of the molecule is O=C1CC(O)CN1c1cnc(Cl)nc1Cl. The monoisotopic (exact) mass is 247 g/mol. The quantitative estimate of drug-likeness (QED) is 0.591. The smallest absolute Gasteiger partial charge is 0.229 e. The third-order valence-electron chi connectivity index (χ3n) is 2.09. The van der Waals surface area contributed by atoms with Crippen LogP contribution in [0.5, 0.6) is 0 Å². The molecule has 0 aliphatic carbocycles. The molecule has 1 amide bonds. The molecule has 80 valence electrons. The Morgan fingerprint density at radius 2 is 2.27 bits per heavy atom. The fourth-order valence-corrected chi connectivity index (χ4v) is 1.84. The fraction of sp³-hybridized carbons (Fsp3) is 0.375. The molecule has 15 heavy (non-hydrogen) atoms. The highest BCUT2D eigenvalue weighted by Crippen LogP contribution is 2.27. The summed E-state index contributed by atoms with van der Waals surface area (Å²) in [6, 6.07) is 0. The van der Waals surface area contributed by atoms with Crippen LogP contribution in [-0.2, 0) is 4.79 Å². The zero-order valence-electron chi connectivity index (χ0n) is 7.52. The normalized spacial score (nSPS) is 21.1. The number of aromatic nitrogens is 2. The first-order chi connectivity index (χ1) is 7.08. The first-order valence-electron chi connectivity index (χ1n) is 4.24. The molecule has 1 atom stereocenters. The molecule has 1 saturated heterocycles. The number of anilines is 1. The Morgan fingerprint density at radius 3 is 2.80 bits per heavy atom. The lowest BCUT2D eigenvalue weighted by molar-refractivity contribution is -0.117. The van der Waals surface area contributed by atoms with E-state index in [1.165, 1.54) is 11.1 Å². The average molecular weight is 248 g/mol. The minimum atomic E-state index is -0.663. The third kappa shape index (κ3) is 2.04. The molecule has 2 rings (SSSR count). The van der Waals surface area contributed by atoms with Crippen LogP contribution in [0.4, 0.5) is 5.69 Å². The number of nitrogens with zero attached hydrogens (tertiary/aromatic N) is 3. The molecule has 0 radical (unpaired) electrons. The summed E-state index contributed by atoms with van der Waals surface area (Å²) >= 11 is 11.3. The summed E-state index contributed by atoms with van der Waals surface area (Å²) in [5, 5.41) is 9.44. The van der Waals surface area contributed by atoms with E-state index in [-0.39, 0.29) is 29.3 Å². The van der Waals surface area contributed by atoms with Crippen molar-refractivity contribution >= 4 is 34.8 Å². The molecule has 1 unspecified atom stereocenters. The number of aliphatic hydroxyl groups excluding tert-OH is 1. The number of amides is 1. The van der Waals surface area contributed by atoms with Crippen molar-refractivity contribution in [2.75, 3.05) is 11.4 Å². The summed E-state index contributed by atoms with van der Waals surface area (Å²) in [5.41, 5.74) is 0.377. The van der Waals surface area contributed by atoms with Gasteiger partial charge in [0.15, 0.2) is 5.15 Å². The van der Waals surface area contributed by atoms with Crippen molar-refractivity contribution in [1.82, 2.24) is 9.97 Å². The Hall–Kier alpha value is -0.910. The molecule has 0 aromatic carbocycles. The number of carbonyl (C=O) groups is 1. The van der Waals surface area contributed by atoms with Crippen LogP contribution >= 0.6 is 23.2 Å². The highest BCUT2D eigenvalue weighted by molar-refractivity contribution is 6.34. The third-order valence-corrected chi connectivity index (χ3v) is 2.55. The van der Waals surface area contributed by atoms with Crippen LogP contribution in [-0.4, -0.2) is 33.6 Å². The molecule has 1 N–H and O–H groups in total. The number of halogens is 2. The summed E-state index contributed by atoms with van der Waals surface area (Å²) in [4.78, 5) is 20.3. The minimum Gasteiger partial charge on any atom is -0.391 e. The Morgan fingerprint density at radius 1 is 1.53 bits per heavy atom. The standard InChI is InChI=1S/C8H7Cl2N3O2/c9-7-5(2-11-8(10)12-7)13-3-4(14)1-6(13)15/h2,4,14H,1,3H2. The zero-order chi connectivity index (χ0) is 11.0. The van der Waals surface area contributed by atoms with Gasteiger partial charge >= 0.3 is 0 Å². The topological polar surface area (TPSA) is 66.3 Å². The second-order valence-electron chi connectivity index (χ2n) is 3.18. The highest BCUT2D eigenvalue weighted by Gasteiger charge is 2.30. The van der Waals surface area contributed by atoms with Crippen LogP contribution in [0.25, 0.3) is 0 Å². The molecule has 1 aliphatic heterocycles. The van der Waals surface area contributed by atoms with Gasteiger partial charge in [0.1, 0.15) is 5.69 Å². The Bertz CT molecular complexity index is 413. The summed E-state index contributed by atoms with van der Waals surface area (Å²) in [7, 11) is 0. The molecule has 2 heterocycles. The van der Waals surface area contributed by atoms with E-state index in [1.807, 2.05) is 0 Å². The van der Waals surface area contributed by atoms with Crippen molar-refractivity contribution in [3.05, 3.63) is 16.6 Å². The molecular weight excluding hydrogens is 241 g/mol. The summed E-state index contributed by atoms with van der Waals surface area (Å²) in [5.74, 6) is -0.199. The maximum atomic E-state index is 11.4. The van der Waals surface area contributed by atoms with Gasteiger partial charge in [-0.2, -0.15) is 0 Å². The van der Waals surface area contributed by atoms with Gasteiger partial charge in [-0.25, -0.2) is 9.97 Å². The van der Waals surface area contributed by atoms with Gasteiger partial charge in [0.25, 0.3) is 0 Å². The summed E-state index contributed by atoms with van der Waals surface area (Å²) in [6.45, 7) is 0.212. The average Bonchev–Trinajstić information content (AvgIpc) is 2.45. The van der Waals surface area contributed by atoms with Gasteiger partial charge in [0, 0.05) is 0 Å². The lowest BCUT2D eigenvalue weighted by Crippen LogP contribution is -2.25. The van der Waals surface area contributed by atoms with Crippen LogP contribution in [0.3, 0.4) is 0 Å². The number of aliphatic hydroxyl groups is 1. The predicted molar refractivity (Wildman–Crippen MR) is 55.0 cm³/mol. The lowest BCUT2D eigenvalue weighted by Gasteiger charge is -2.15.